The topological polar surface area (TPSA) is 21.3 Å². The van der Waals surface area contributed by atoms with Crippen molar-refractivity contribution in [1.82, 2.24) is 5.32 Å². The molecule has 1 N–H and O–H groups in total. The van der Waals surface area contributed by atoms with Crippen LogP contribution in [0.15, 0.2) is 0 Å². The molecule has 0 rings (SSSR count). The summed E-state index contributed by atoms with van der Waals surface area (Å²) in [5, 5.41) is 3.18. The van der Waals surface area contributed by atoms with Gasteiger partial charge in [-0.05, 0) is 20.4 Å². The molecule has 0 saturated carbocycles. The van der Waals surface area contributed by atoms with Crippen LogP contribution in [0, 0.1) is 12.3 Å². The summed E-state index contributed by atoms with van der Waals surface area (Å²) >= 11 is 0. The van der Waals surface area contributed by atoms with Gasteiger partial charge in [-0.3, -0.25) is 0 Å². The van der Waals surface area contributed by atoms with Gasteiger partial charge >= 0.3 is 0 Å². The smallest absolute Gasteiger partial charge is 0.0809 e. The van der Waals surface area contributed by atoms with E-state index in [2.05, 4.69) is 25.1 Å². The van der Waals surface area contributed by atoms with Crippen molar-refractivity contribution < 1.29 is 4.74 Å². The fraction of sp³-hybridized carbons (Fsp3) is 0.800. The van der Waals surface area contributed by atoms with Crippen LogP contribution in [0.2, 0.25) is 0 Å². The van der Waals surface area contributed by atoms with Crippen molar-refractivity contribution in [2.45, 2.75) is 38.3 Å². The zero-order valence-electron chi connectivity index (χ0n) is 8.48. The highest BCUT2D eigenvalue weighted by atomic mass is 16.5. The molecule has 0 aromatic carbocycles. The number of ether oxygens (including phenoxy) is 1. The molecule has 12 heavy (non-hydrogen) atoms. The van der Waals surface area contributed by atoms with Crippen LogP contribution in [0.5, 0.6) is 0 Å². The minimum atomic E-state index is -0.152. The monoisotopic (exact) mass is 169 g/mol. The predicted molar refractivity (Wildman–Crippen MR) is 52.0 cm³/mol. The third-order valence-corrected chi connectivity index (χ3v) is 2.58. The molecule has 0 aliphatic carbocycles. The molecule has 2 atom stereocenters. The molecular formula is C10H19NO. The van der Waals surface area contributed by atoms with E-state index in [1.165, 1.54) is 0 Å². The molecular weight excluding hydrogens is 150 g/mol. The van der Waals surface area contributed by atoms with Crippen LogP contribution in [0.1, 0.15) is 26.7 Å². The largest absolute Gasteiger partial charge is 0.377 e. The second kappa shape index (κ2) is 5.18. The molecule has 0 radical (unpaired) electrons. The second-order valence-electron chi connectivity index (χ2n) is 3.12. The van der Waals surface area contributed by atoms with Crippen LogP contribution in [0.25, 0.3) is 0 Å². The Morgan fingerprint density at radius 1 is 1.67 bits per heavy atom. The van der Waals surface area contributed by atoms with Crippen molar-refractivity contribution in [3.8, 4) is 12.3 Å². The van der Waals surface area contributed by atoms with Crippen molar-refractivity contribution >= 4 is 0 Å². The number of hydrogen-bond donors (Lipinski definition) is 1. The Morgan fingerprint density at radius 2 is 2.25 bits per heavy atom. The van der Waals surface area contributed by atoms with E-state index in [0.29, 0.717) is 6.42 Å². The number of rotatable bonds is 5. The van der Waals surface area contributed by atoms with E-state index in [9.17, 15) is 0 Å². The molecule has 0 saturated heterocycles. The number of methoxy groups -OCH3 is 1. The molecule has 0 heterocycles. The van der Waals surface area contributed by atoms with E-state index in [0.717, 1.165) is 6.42 Å². The molecule has 2 unspecified atom stereocenters. The first-order valence-electron chi connectivity index (χ1n) is 4.30. The molecule has 2 heteroatoms. The van der Waals surface area contributed by atoms with Gasteiger partial charge in [0.05, 0.1) is 5.60 Å². The molecule has 0 bridgehead atoms. The van der Waals surface area contributed by atoms with E-state index in [4.69, 9.17) is 11.2 Å². The van der Waals surface area contributed by atoms with Crippen molar-refractivity contribution in [1.29, 1.82) is 0 Å². The van der Waals surface area contributed by atoms with Crippen molar-refractivity contribution in [2.24, 2.45) is 0 Å². The third-order valence-electron chi connectivity index (χ3n) is 2.58. The van der Waals surface area contributed by atoms with Gasteiger partial charge in [0.15, 0.2) is 0 Å². The Bertz CT molecular complexity index is 156. The Balaban J connectivity index is 4.34. The van der Waals surface area contributed by atoms with Gasteiger partial charge in [-0.1, -0.05) is 6.92 Å². The molecule has 0 aromatic rings. The fourth-order valence-electron chi connectivity index (χ4n) is 1.27. The number of terminal acetylenes is 1. The van der Waals surface area contributed by atoms with Crippen molar-refractivity contribution in [3.05, 3.63) is 0 Å². The zero-order valence-corrected chi connectivity index (χ0v) is 8.48. The summed E-state index contributed by atoms with van der Waals surface area (Å²) in [5.41, 5.74) is -0.152. The van der Waals surface area contributed by atoms with Gasteiger partial charge < -0.3 is 10.1 Å². The highest BCUT2D eigenvalue weighted by Crippen LogP contribution is 2.20. The van der Waals surface area contributed by atoms with Crippen LogP contribution >= 0.6 is 0 Å². The van der Waals surface area contributed by atoms with E-state index in [-0.39, 0.29) is 11.6 Å². The van der Waals surface area contributed by atoms with Crippen LogP contribution in [-0.2, 0) is 4.74 Å². The second-order valence-corrected chi connectivity index (χ2v) is 3.12. The first-order chi connectivity index (χ1) is 5.64. The van der Waals surface area contributed by atoms with E-state index < -0.39 is 0 Å². The Labute approximate surface area is 75.7 Å². The van der Waals surface area contributed by atoms with Crippen LogP contribution < -0.4 is 5.32 Å². The summed E-state index contributed by atoms with van der Waals surface area (Å²) in [6.45, 7) is 4.18. The first-order valence-corrected chi connectivity index (χ1v) is 4.30. The van der Waals surface area contributed by atoms with Crippen molar-refractivity contribution in [2.75, 3.05) is 14.2 Å². The lowest BCUT2D eigenvalue weighted by atomic mass is 9.91. The normalized spacial score (nSPS) is 17.9. The maximum Gasteiger partial charge on any atom is 0.0809 e. The Kier molecular flexibility index (Phi) is 4.96. The van der Waals surface area contributed by atoms with E-state index in [1.54, 1.807) is 7.11 Å². The number of likely N-dealkylation sites (N-methyl/N-ethyl adjacent to an activating group) is 1. The van der Waals surface area contributed by atoms with E-state index in [1.807, 2.05) is 7.05 Å². The van der Waals surface area contributed by atoms with E-state index >= 15 is 0 Å². The van der Waals surface area contributed by atoms with Crippen LogP contribution in [0.4, 0.5) is 0 Å². The molecule has 2 nitrogen and oxygen atoms in total. The van der Waals surface area contributed by atoms with Gasteiger partial charge in [0.2, 0.25) is 0 Å². The lowest BCUT2D eigenvalue weighted by Gasteiger charge is -2.34. The maximum absolute atomic E-state index is 5.43. The number of nitrogens with one attached hydrogen (secondary N) is 1. The summed E-state index contributed by atoms with van der Waals surface area (Å²) in [6.07, 6.45) is 6.92. The molecule has 0 aromatic heterocycles. The van der Waals surface area contributed by atoms with Gasteiger partial charge in [-0.2, -0.15) is 0 Å². The Morgan fingerprint density at radius 3 is 2.50 bits per heavy atom. The molecule has 0 amide bonds. The highest BCUT2D eigenvalue weighted by molar-refractivity contribution is 4.97. The van der Waals surface area contributed by atoms with Crippen LogP contribution in [-0.4, -0.2) is 25.8 Å². The fourth-order valence-corrected chi connectivity index (χ4v) is 1.27. The minimum Gasteiger partial charge on any atom is -0.377 e. The summed E-state index contributed by atoms with van der Waals surface area (Å²) in [5.74, 6) is 2.65. The van der Waals surface area contributed by atoms with Gasteiger partial charge in [0, 0.05) is 19.6 Å². The van der Waals surface area contributed by atoms with Crippen LogP contribution in [0.3, 0.4) is 0 Å². The third kappa shape index (κ3) is 2.51. The summed E-state index contributed by atoms with van der Waals surface area (Å²) < 4.78 is 5.43. The molecule has 0 spiro atoms. The first kappa shape index (κ1) is 11.5. The predicted octanol–water partition coefficient (Wildman–Crippen LogP) is 1.41. The summed E-state index contributed by atoms with van der Waals surface area (Å²) in [7, 11) is 3.64. The average Bonchev–Trinajstić information content (AvgIpc) is 2.13. The van der Waals surface area contributed by atoms with Gasteiger partial charge in [0.1, 0.15) is 0 Å². The molecule has 0 fully saturated rings. The summed E-state index contributed by atoms with van der Waals surface area (Å²) in [4.78, 5) is 0. The highest BCUT2D eigenvalue weighted by Gasteiger charge is 2.30. The van der Waals surface area contributed by atoms with Gasteiger partial charge in [-0.25, -0.2) is 0 Å². The molecule has 70 valence electrons. The molecule has 0 aliphatic rings. The average molecular weight is 169 g/mol. The standard InChI is InChI=1S/C10H19NO/c1-6-8-9(11-4)10(3,7-2)12-5/h1,9,11H,7-8H2,2-5H3. The lowest BCUT2D eigenvalue weighted by Crippen LogP contribution is -2.48. The maximum atomic E-state index is 5.43. The number of hydrogen-bond acceptors (Lipinski definition) is 2. The molecule has 0 aliphatic heterocycles. The zero-order chi connectivity index (χ0) is 9.61. The van der Waals surface area contributed by atoms with Gasteiger partial charge in [0.25, 0.3) is 0 Å². The van der Waals surface area contributed by atoms with Crippen molar-refractivity contribution in [3.63, 3.8) is 0 Å². The SMILES string of the molecule is C#CCC(NC)C(C)(CC)OC. The lowest BCUT2D eigenvalue weighted by molar-refractivity contribution is -0.0256. The minimum absolute atomic E-state index is 0.152. The quantitative estimate of drug-likeness (QED) is 0.628. The van der Waals surface area contributed by atoms with Gasteiger partial charge in [-0.15, -0.1) is 12.3 Å². The summed E-state index contributed by atoms with van der Waals surface area (Å²) in [6, 6.07) is 0.234. The Hall–Kier alpha value is -0.520.